The Bertz CT molecular complexity index is 558. The molecule has 2 atom stereocenters. The van der Waals surface area contributed by atoms with Gasteiger partial charge in [-0.25, -0.2) is 4.79 Å². The first-order valence-corrected chi connectivity index (χ1v) is 8.97. The van der Waals surface area contributed by atoms with E-state index in [-0.39, 0.29) is 18.5 Å². The first-order chi connectivity index (χ1) is 12.0. The van der Waals surface area contributed by atoms with Gasteiger partial charge in [0, 0.05) is 12.2 Å². The highest BCUT2D eigenvalue weighted by molar-refractivity contribution is 5.98. The molecule has 5 heteroatoms. The summed E-state index contributed by atoms with van der Waals surface area (Å²) in [6.45, 7) is 6.79. The van der Waals surface area contributed by atoms with Crippen LogP contribution in [-0.2, 0) is 25.4 Å². The van der Waals surface area contributed by atoms with E-state index in [1.165, 1.54) is 5.56 Å². The van der Waals surface area contributed by atoms with Crippen LogP contribution in [-0.4, -0.2) is 43.8 Å². The maximum absolute atomic E-state index is 12.1. The van der Waals surface area contributed by atoms with E-state index in [1.807, 2.05) is 12.1 Å². The SMILES string of the molecule is CC(C)Cc1ccc(C(=O)COC(=O)C(C)OCC2CCCO2)cc1. The second-order valence-electron chi connectivity index (χ2n) is 6.94. The van der Waals surface area contributed by atoms with Crippen LogP contribution in [0.3, 0.4) is 0 Å². The van der Waals surface area contributed by atoms with Crippen LogP contribution < -0.4 is 0 Å². The molecule has 1 aliphatic rings. The minimum atomic E-state index is -0.703. The molecule has 0 aliphatic carbocycles. The number of hydrogen-bond acceptors (Lipinski definition) is 5. The van der Waals surface area contributed by atoms with E-state index in [9.17, 15) is 9.59 Å². The molecule has 1 saturated heterocycles. The van der Waals surface area contributed by atoms with E-state index in [0.29, 0.717) is 18.1 Å². The zero-order chi connectivity index (χ0) is 18.2. The van der Waals surface area contributed by atoms with Crippen LogP contribution in [0.25, 0.3) is 0 Å². The Labute approximate surface area is 149 Å². The summed E-state index contributed by atoms with van der Waals surface area (Å²) in [4.78, 5) is 24.1. The number of ketones is 1. The summed E-state index contributed by atoms with van der Waals surface area (Å²) in [5.41, 5.74) is 1.74. The molecule has 0 saturated carbocycles. The summed E-state index contributed by atoms with van der Waals surface area (Å²) >= 11 is 0. The van der Waals surface area contributed by atoms with Gasteiger partial charge in [-0.15, -0.1) is 0 Å². The van der Waals surface area contributed by atoms with Crippen LogP contribution in [0.2, 0.25) is 0 Å². The molecule has 0 amide bonds. The maximum atomic E-state index is 12.1. The van der Waals surface area contributed by atoms with Crippen molar-refractivity contribution in [2.24, 2.45) is 5.92 Å². The minimum absolute atomic E-state index is 0.0567. The Hall–Kier alpha value is -1.72. The summed E-state index contributed by atoms with van der Waals surface area (Å²) in [6, 6.07) is 7.46. The normalized spacial score (nSPS) is 18.3. The lowest BCUT2D eigenvalue weighted by Gasteiger charge is -2.15. The van der Waals surface area contributed by atoms with Gasteiger partial charge in [0.15, 0.2) is 18.5 Å². The van der Waals surface area contributed by atoms with Gasteiger partial charge in [0.1, 0.15) is 0 Å². The largest absolute Gasteiger partial charge is 0.455 e. The molecule has 1 aliphatic heterocycles. The number of benzene rings is 1. The van der Waals surface area contributed by atoms with Crippen molar-refractivity contribution in [2.45, 2.75) is 52.2 Å². The summed E-state index contributed by atoms with van der Waals surface area (Å²) in [6.07, 6.45) is 2.31. The van der Waals surface area contributed by atoms with Gasteiger partial charge in [-0.2, -0.15) is 0 Å². The van der Waals surface area contributed by atoms with E-state index in [0.717, 1.165) is 25.9 Å². The van der Waals surface area contributed by atoms with Gasteiger partial charge in [-0.3, -0.25) is 4.79 Å². The van der Waals surface area contributed by atoms with Crippen molar-refractivity contribution in [3.05, 3.63) is 35.4 Å². The molecule has 2 rings (SSSR count). The van der Waals surface area contributed by atoms with Gasteiger partial charge in [0.2, 0.25) is 0 Å². The van der Waals surface area contributed by atoms with E-state index in [4.69, 9.17) is 14.2 Å². The fourth-order valence-corrected chi connectivity index (χ4v) is 2.73. The molecule has 0 N–H and O–H groups in total. The topological polar surface area (TPSA) is 61.8 Å². The first-order valence-electron chi connectivity index (χ1n) is 8.97. The molecule has 0 aromatic heterocycles. The number of hydrogen-bond donors (Lipinski definition) is 0. The van der Waals surface area contributed by atoms with Gasteiger partial charge >= 0.3 is 5.97 Å². The lowest BCUT2D eigenvalue weighted by molar-refractivity contribution is -0.156. The number of rotatable bonds is 9. The van der Waals surface area contributed by atoms with Crippen molar-refractivity contribution in [2.75, 3.05) is 19.8 Å². The molecule has 1 fully saturated rings. The standard InChI is InChI=1S/C20H28O5/c1-14(2)11-16-6-8-17(9-7-16)19(21)13-25-20(22)15(3)24-12-18-5-4-10-23-18/h6-9,14-15,18H,4-5,10-13H2,1-3H3. The highest BCUT2D eigenvalue weighted by atomic mass is 16.6. The monoisotopic (exact) mass is 348 g/mol. The molecule has 25 heavy (non-hydrogen) atoms. The molecule has 138 valence electrons. The van der Waals surface area contributed by atoms with Gasteiger partial charge in [0.25, 0.3) is 0 Å². The van der Waals surface area contributed by atoms with Crippen molar-refractivity contribution in [1.29, 1.82) is 0 Å². The predicted octanol–water partition coefficient (Wildman–Crippen LogP) is 3.20. The van der Waals surface area contributed by atoms with E-state index < -0.39 is 12.1 Å². The summed E-state index contributed by atoms with van der Waals surface area (Å²) < 4.78 is 16.0. The van der Waals surface area contributed by atoms with E-state index in [1.54, 1.807) is 19.1 Å². The zero-order valence-corrected chi connectivity index (χ0v) is 15.3. The third-order valence-electron chi connectivity index (χ3n) is 4.15. The fraction of sp³-hybridized carbons (Fsp3) is 0.600. The Morgan fingerprint density at radius 1 is 1.20 bits per heavy atom. The average molecular weight is 348 g/mol. The molecule has 1 heterocycles. The van der Waals surface area contributed by atoms with Gasteiger partial charge in [0.05, 0.1) is 12.7 Å². The predicted molar refractivity (Wildman–Crippen MR) is 94.7 cm³/mol. The van der Waals surface area contributed by atoms with Crippen LogP contribution in [0.5, 0.6) is 0 Å². The second-order valence-corrected chi connectivity index (χ2v) is 6.94. The van der Waals surface area contributed by atoms with Gasteiger partial charge in [-0.1, -0.05) is 38.1 Å². The molecule has 0 bridgehead atoms. The van der Waals surface area contributed by atoms with Crippen LogP contribution in [0, 0.1) is 5.92 Å². The average Bonchev–Trinajstić information content (AvgIpc) is 3.10. The third-order valence-corrected chi connectivity index (χ3v) is 4.15. The third kappa shape index (κ3) is 6.59. The number of ether oxygens (including phenoxy) is 3. The molecule has 1 aromatic rings. The molecule has 0 radical (unpaired) electrons. The summed E-state index contributed by atoms with van der Waals surface area (Å²) in [7, 11) is 0. The molecule has 1 aromatic carbocycles. The van der Waals surface area contributed by atoms with Crippen LogP contribution >= 0.6 is 0 Å². The molecular formula is C20H28O5. The highest BCUT2D eigenvalue weighted by Crippen LogP contribution is 2.13. The zero-order valence-electron chi connectivity index (χ0n) is 15.3. The van der Waals surface area contributed by atoms with E-state index in [2.05, 4.69) is 13.8 Å². The lowest BCUT2D eigenvalue weighted by Crippen LogP contribution is -2.28. The number of carbonyl (C=O) groups excluding carboxylic acids is 2. The first kappa shape index (κ1) is 19.6. The smallest absolute Gasteiger partial charge is 0.335 e. The Kier molecular flexibility index (Phi) is 7.59. The van der Waals surface area contributed by atoms with Gasteiger partial charge in [-0.05, 0) is 37.7 Å². The van der Waals surface area contributed by atoms with Gasteiger partial charge < -0.3 is 14.2 Å². The minimum Gasteiger partial charge on any atom is -0.455 e. The second kappa shape index (κ2) is 9.68. The molecule has 0 spiro atoms. The molecule has 5 nitrogen and oxygen atoms in total. The van der Waals surface area contributed by atoms with Crippen LogP contribution in [0.15, 0.2) is 24.3 Å². The summed E-state index contributed by atoms with van der Waals surface area (Å²) in [5.74, 6) is -0.169. The number of esters is 1. The highest BCUT2D eigenvalue weighted by Gasteiger charge is 2.21. The quantitative estimate of drug-likeness (QED) is 0.507. The van der Waals surface area contributed by atoms with Crippen molar-refractivity contribution in [1.82, 2.24) is 0 Å². The van der Waals surface area contributed by atoms with Crippen molar-refractivity contribution in [3.8, 4) is 0 Å². The van der Waals surface area contributed by atoms with Crippen molar-refractivity contribution >= 4 is 11.8 Å². The fourth-order valence-electron chi connectivity index (χ4n) is 2.73. The Morgan fingerprint density at radius 2 is 1.92 bits per heavy atom. The Balaban J connectivity index is 1.73. The lowest BCUT2D eigenvalue weighted by atomic mass is 10.0. The molecule has 2 unspecified atom stereocenters. The van der Waals surface area contributed by atoms with Crippen molar-refractivity contribution in [3.63, 3.8) is 0 Å². The van der Waals surface area contributed by atoms with Crippen LogP contribution in [0.4, 0.5) is 0 Å². The van der Waals surface area contributed by atoms with E-state index >= 15 is 0 Å². The summed E-state index contributed by atoms with van der Waals surface area (Å²) in [5, 5.41) is 0. The molecular weight excluding hydrogens is 320 g/mol. The van der Waals surface area contributed by atoms with Crippen molar-refractivity contribution < 1.29 is 23.8 Å². The van der Waals surface area contributed by atoms with Crippen LogP contribution in [0.1, 0.15) is 49.5 Å². The maximum Gasteiger partial charge on any atom is 0.335 e. The Morgan fingerprint density at radius 3 is 2.52 bits per heavy atom. The number of carbonyl (C=O) groups is 2. The number of Topliss-reactive ketones (excluding diaryl/α,β-unsaturated/α-hetero) is 1.